The second-order valence-corrected chi connectivity index (χ2v) is 2.98. The van der Waals surface area contributed by atoms with E-state index < -0.39 is 0 Å². The maximum atomic E-state index is 10.7. The predicted octanol–water partition coefficient (Wildman–Crippen LogP) is 0.988. The lowest BCUT2D eigenvalue weighted by Crippen LogP contribution is -2.11. The average molecular weight is 198 g/mol. The number of aromatic amines is 1. The molecule has 0 aliphatic carbocycles. The van der Waals surface area contributed by atoms with Gasteiger partial charge in [0.25, 0.3) is 0 Å². The van der Waals surface area contributed by atoms with Crippen molar-refractivity contribution in [2.24, 2.45) is 0 Å². The lowest BCUT2D eigenvalue weighted by molar-refractivity contribution is -0.114. The van der Waals surface area contributed by atoms with Gasteiger partial charge in [0.15, 0.2) is 4.64 Å². The smallest absolute Gasteiger partial charge is 0.221 e. The fourth-order valence-electron chi connectivity index (χ4n) is 0.906. The van der Waals surface area contributed by atoms with E-state index in [1.165, 1.54) is 6.92 Å². The minimum absolute atomic E-state index is 0.225. The monoisotopic (exact) mass is 198 g/mol. The molecule has 6 heteroatoms. The highest BCUT2D eigenvalue weighted by molar-refractivity contribution is 7.71. The van der Waals surface area contributed by atoms with Crippen LogP contribution in [0.15, 0.2) is 0 Å². The highest BCUT2D eigenvalue weighted by atomic mass is 32.1. The molecule has 0 aromatic carbocycles. The van der Waals surface area contributed by atoms with Crippen molar-refractivity contribution in [3.63, 3.8) is 0 Å². The lowest BCUT2D eigenvalue weighted by Gasteiger charge is -2.06. The van der Waals surface area contributed by atoms with Gasteiger partial charge in [0.1, 0.15) is 17.3 Å². The first-order valence-electron chi connectivity index (χ1n) is 3.64. The Balaban J connectivity index is 3.21. The van der Waals surface area contributed by atoms with Crippen LogP contribution >= 0.6 is 12.2 Å². The quantitative estimate of drug-likeness (QED) is 0.587. The largest absolute Gasteiger partial charge is 0.383 e. The molecule has 0 saturated heterocycles. The molecule has 1 amide bonds. The predicted molar refractivity (Wildman–Crippen MR) is 52.9 cm³/mol. The zero-order valence-corrected chi connectivity index (χ0v) is 8.16. The third kappa shape index (κ3) is 2.25. The third-order valence-corrected chi connectivity index (χ3v) is 1.66. The van der Waals surface area contributed by atoms with Gasteiger partial charge >= 0.3 is 0 Å². The molecule has 0 saturated carbocycles. The second kappa shape index (κ2) is 3.53. The Morgan fingerprint density at radius 2 is 2.31 bits per heavy atom. The van der Waals surface area contributed by atoms with Crippen molar-refractivity contribution in [1.82, 2.24) is 9.97 Å². The van der Waals surface area contributed by atoms with Crippen molar-refractivity contribution in [1.29, 1.82) is 0 Å². The molecule has 1 aromatic heterocycles. The number of hydrogen-bond donors (Lipinski definition) is 3. The third-order valence-electron chi connectivity index (χ3n) is 1.37. The van der Waals surface area contributed by atoms with Crippen LogP contribution in [0.3, 0.4) is 0 Å². The van der Waals surface area contributed by atoms with Gasteiger partial charge in [-0.2, -0.15) is 0 Å². The normalized spacial score (nSPS) is 9.69. The molecule has 0 radical (unpaired) electrons. The summed E-state index contributed by atoms with van der Waals surface area (Å²) in [5.41, 5.74) is 5.96. The molecule has 13 heavy (non-hydrogen) atoms. The van der Waals surface area contributed by atoms with E-state index in [0.717, 1.165) is 0 Å². The molecule has 1 aromatic rings. The Hall–Kier alpha value is -1.43. The number of rotatable bonds is 1. The van der Waals surface area contributed by atoms with Gasteiger partial charge in [-0.1, -0.05) is 12.2 Å². The van der Waals surface area contributed by atoms with E-state index >= 15 is 0 Å². The van der Waals surface area contributed by atoms with Gasteiger partial charge in [-0.3, -0.25) is 4.79 Å². The van der Waals surface area contributed by atoms with Crippen LogP contribution in [0.5, 0.6) is 0 Å². The van der Waals surface area contributed by atoms with Gasteiger partial charge in [-0.15, -0.1) is 0 Å². The molecule has 5 nitrogen and oxygen atoms in total. The van der Waals surface area contributed by atoms with E-state index in [2.05, 4.69) is 15.3 Å². The molecular formula is C7H10N4OS. The summed E-state index contributed by atoms with van der Waals surface area (Å²) >= 11 is 4.92. The van der Waals surface area contributed by atoms with Crippen molar-refractivity contribution < 1.29 is 4.79 Å². The van der Waals surface area contributed by atoms with Crippen LogP contribution in [-0.2, 0) is 4.79 Å². The number of aromatic nitrogens is 2. The summed E-state index contributed by atoms with van der Waals surface area (Å²) in [6.45, 7) is 3.12. The number of hydrogen-bond acceptors (Lipinski definition) is 4. The highest BCUT2D eigenvalue weighted by Gasteiger charge is 2.04. The fraction of sp³-hybridized carbons (Fsp3) is 0.286. The van der Waals surface area contributed by atoms with Crippen LogP contribution in [0, 0.1) is 11.6 Å². The average Bonchev–Trinajstić information content (AvgIpc) is 1.96. The number of anilines is 2. The topological polar surface area (TPSA) is 83.8 Å². The number of nitrogens with one attached hydrogen (secondary N) is 2. The van der Waals surface area contributed by atoms with E-state index in [0.29, 0.717) is 22.0 Å². The van der Waals surface area contributed by atoms with Crippen molar-refractivity contribution >= 4 is 29.6 Å². The summed E-state index contributed by atoms with van der Waals surface area (Å²) in [5.74, 6) is 0.723. The minimum atomic E-state index is -0.225. The molecule has 0 fully saturated rings. The second-order valence-electron chi connectivity index (χ2n) is 2.60. The van der Waals surface area contributed by atoms with E-state index in [4.69, 9.17) is 18.0 Å². The summed E-state index contributed by atoms with van der Waals surface area (Å²) in [6, 6.07) is 0. The molecule has 0 spiro atoms. The Kier molecular flexibility index (Phi) is 2.62. The van der Waals surface area contributed by atoms with Gasteiger partial charge < -0.3 is 16.0 Å². The first kappa shape index (κ1) is 9.66. The lowest BCUT2D eigenvalue weighted by atomic mass is 10.4. The van der Waals surface area contributed by atoms with Gasteiger partial charge in [0.05, 0.1) is 0 Å². The molecule has 1 heterocycles. The number of carbonyl (C=O) groups excluding carboxylic acids is 1. The van der Waals surface area contributed by atoms with Crippen molar-refractivity contribution in [3.8, 4) is 0 Å². The number of nitrogen functional groups attached to an aromatic ring is 1. The molecule has 0 aliphatic heterocycles. The Morgan fingerprint density at radius 1 is 1.69 bits per heavy atom. The summed E-state index contributed by atoms with van der Waals surface area (Å²) in [5, 5.41) is 2.51. The van der Waals surface area contributed by atoms with Gasteiger partial charge in [0.2, 0.25) is 5.91 Å². The van der Waals surface area contributed by atoms with E-state index in [-0.39, 0.29) is 5.91 Å². The van der Waals surface area contributed by atoms with Gasteiger partial charge in [-0.25, -0.2) is 4.98 Å². The molecule has 0 aliphatic rings. The Labute approximate surface area is 80.4 Å². The Morgan fingerprint density at radius 3 is 2.77 bits per heavy atom. The van der Waals surface area contributed by atoms with Crippen LogP contribution in [0.2, 0.25) is 0 Å². The zero-order valence-electron chi connectivity index (χ0n) is 7.34. The maximum absolute atomic E-state index is 10.7. The first-order valence-corrected chi connectivity index (χ1v) is 4.05. The van der Waals surface area contributed by atoms with Crippen molar-refractivity contribution in [2.75, 3.05) is 11.1 Å². The molecule has 4 N–H and O–H groups in total. The fourth-order valence-corrected chi connectivity index (χ4v) is 1.20. The molecular weight excluding hydrogens is 188 g/mol. The van der Waals surface area contributed by atoms with Gasteiger partial charge in [0, 0.05) is 6.92 Å². The number of aryl methyl sites for hydroxylation is 1. The minimum Gasteiger partial charge on any atom is -0.383 e. The van der Waals surface area contributed by atoms with Gasteiger partial charge in [-0.05, 0) is 6.92 Å². The number of H-pyrrole nitrogens is 1. The molecule has 1 rings (SSSR count). The molecule has 70 valence electrons. The number of amides is 1. The molecule has 0 bridgehead atoms. The van der Waals surface area contributed by atoms with Crippen LogP contribution < -0.4 is 11.1 Å². The number of carbonyl (C=O) groups is 1. The maximum Gasteiger partial charge on any atom is 0.221 e. The van der Waals surface area contributed by atoms with Crippen LogP contribution in [0.4, 0.5) is 11.5 Å². The van der Waals surface area contributed by atoms with Crippen LogP contribution in [0.25, 0.3) is 0 Å². The highest BCUT2D eigenvalue weighted by Crippen LogP contribution is 2.15. The molecule has 0 unspecified atom stereocenters. The van der Waals surface area contributed by atoms with Crippen molar-refractivity contribution in [2.45, 2.75) is 13.8 Å². The first-order chi connectivity index (χ1) is 6.00. The van der Waals surface area contributed by atoms with Crippen LogP contribution in [0.1, 0.15) is 12.7 Å². The zero-order chi connectivity index (χ0) is 10.0. The van der Waals surface area contributed by atoms with E-state index in [1.807, 2.05) is 0 Å². The number of nitrogens with two attached hydrogens (primary N) is 1. The van der Waals surface area contributed by atoms with E-state index in [9.17, 15) is 4.79 Å². The van der Waals surface area contributed by atoms with E-state index in [1.54, 1.807) is 6.92 Å². The SMILES string of the molecule is CC(=O)Nc1c(N)[nH]c(C)nc1=S. The number of nitrogens with zero attached hydrogens (tertiary/aromatic N) is 1. The summed E-state index contributed by atoms with van der Waals surface area (Å²) in [6.07, 6.45) is 0. The Bertz CT molecular complexity index is 398. The summed E-state index contributed by atoms with van der Waals surface area (Å²) < 4.78 is 0.295. The van der Waals surface area contributed by atoms with Crippen LogP contribution in [-0.4, -0.2) is 15.9 Å². The molecule has 0 atom stereocenters. The standard InChI is InChI=1S/C7H10N4OS/c1-3-9-6(8)5(7(13)10-3)11-4(2)12/h1-2H3,(H,11,12)(H3,8,9,10,13). The van der Waals surface area contributed by atoms with Crippen molar-refractivity contribution in [3.05, 3.63) is 10.5 Å². The summed E-state index contributed by atoms with van der Waals surface area (Å²) in [4.78, 5) is 17.5. The summed E-state index contributed by atoms with van der Waals surface area (Å²) in [7, 11) is 0.